The van der Waals surface area contributed by atoms with E-state index in [1.165, 1.54) is 0 Å². The molecule has 0 aliphatic carbocycles. The van der Waals surface area contributed by atoms with E-state index in [0.717, 1.165) is 29.8 Å². The van der Waals surface area contributed by atoms with Crippen molar-refractivity contribution in [2.24, 2.45) is 5.73 Å². The van der Waals surface area contributed by atoms with Crippen LogP contribution < -0.4 is 5.73 Å². The lowest BCUT2D eigenvalue weighted by Gasteiger charge is -2.05. The molecule has 1 aromatic carbocycles. The second-order valence-corrected chi connectivity index (χ2v) is 3.74. The number of aryl methyl sites for hydroxylation is 1. The first-order chi connectivity index (χ1) is 7.85. The Hall–Kier alpha value is -1.68. The van der Waals surface area contributed by atoms with Gasteiger partial charge in [0, 0.05) is 18.7 Å². The largest absolute Gasteiger partial charge is 0.326 e. The van der Waals surface area contributed by atoms with Crippen LogP contribution in [0.3, 0.4) is 0 Å². The number of hydrogen-bond donors (Lipinski definition) is 1. The minimum absolute atomic E-state index is 0.576. The summed E-state index contributed by atoms with van der Waals surface area (Å²) in [6.45, 7) is 3.60. The molecule has 2 rings (SSSR count). The van der Waals surface area contributed by atoms with Crippen LogP contribution in [0, 0.1) is 0 Å². The molecule has 84 valence electrons. The van der Waals surface area contributed by atoms with Crippen molar-refractivity contribution in [2.45, 2.75) is 26.4 Å². The Balaban J connectivity index is 2.31. The number of hydrogen-bond acceptors (Lipinski definition) is 3. The SMILES string of the molecule is CCCn1nncc1-c1ccc(CN)cc1. The lowest BCUT2D eigenvalue weighted by molar-refractivity contribution is 0.584. The highest BCUT2D eigenvalue weighted by Gasteiger charge is 2.05. The molecule has 0 saturated heterocycles. The summed E-state index contributed by atoms with van der Waals surface area (Å²) in [5.74, 6) is 0. The molecule has 0 amide bonds. The molecule has 4 heteroatoms. The van der Waals surface area contributed by atoms with Gasteiger partial charge in [-0.15, -0.1) is 5.10 Å². The average molecular weight is 216 g/mol. The van der Waals surface area contributed by atoms with E-state index in [1.807, 2.05) is 16.8 Å². The van der Waals surface area contributed by atoms with Crippen molar-refractivity contribution in [3.8, 4) is 11.3 Å². The summed E-state index contributed by atoms with van der Waals surface area (Å²) in [5.41, 5.74) is 8.90. The predicted octanol–water partition coefficient (Wildman–Crippen LogP) is 1.81. The second-order valence-electron chi connectivity index (χ2n) is 3.74. The van der Waals surface area contributed by atoms with Crippen molar-refractivity contribution in [3.63, 3.8) is 0 Å². The summed E-state index contributed by atoms with van der Waals surface area (Å²) < 4.78 is 1.93. The Morgan fingerprint density at radius 2 is 2.00 bits per heavy atom. The van der Waals surface area contributed by atoms with Gasteiger partial charge in [-0.3, -0.25) is 0 Å². The van der Waals surface area contributed by atoms with Crippen molar-refractivity contribution < 1.29 is 0 Å². The molecule has 0 bridgehead atoms. The molecule has 0 aliphatic rings. The van der Waals surface area contributed by atoms with Crippen molar-refractivity contribution >= 4 is 0 Å². The molecule has 0 spiro atoms. The van der Waals surface area contributed by atoms with Crippen molar-refractivity contribution in [1.29, 1.82) is 0 Å². The molecule has 0 fully saturated rings. The first-order valence-corrected chi connectivity index (χ1v) is 5.53. The van der Waals surface area contributed by atoms with Gasteiger partial charge >= 0.3 is 0 Å². The highest BCUT2D eigenvalue weighted by atomic mass is 15.4. The van der Waals surface area contributed by atoms with Crippen LogP contribution in [0.2, 0.25) is 0 Å². The zero-order valence-electron chi connectivity index (χ0n) is 9.43. The number of rotatable bonds is 4. The lowest BCUT2D eigenvalue weighted by atomic mass is 10.1. The number of benzene rings is 1. The third-order valence-corrected chi connectivity index (χ3v) is 2.54. The molecular formula is C12H16N4. The van der Waals surface area contributed by atoms with Gasteiger partial charge in [-0.1, -0.05) is 36.4 Å². The highest BCUT2D eigenvalue weighted by Crippen LogP contribution is 2.18. The molecular weight excluding hydrogens is 200 g/mol. The third kappa shape index (κ3) is 2.12. The Labute approximate surface area is 95.1 Å². The molecule has 1 aromatic heterocycles. The van der Waals surface area contributed by atoms with Crippen LogP contribution in [0.5, 0.6) is 0 Å². The quantitative estimate of drug-likeness (QED) is 0.848. The summed E-state index contributed by atoms with van der Waals surface area (Å²) in [7, 11) is 0. The Morgan fingerprint density at radius 1 is 1.25 bits per heavy atom. The summed E-state index contributed by atoms with van der Waals surface area (Å²) in [5, 5.41) is 8.01. The van der Waals surface area contributed by atoms with Crippen LogP contribution in [0.15, 0.2) is 30.5 Å². The normalized spacial score (nSPS) is 10.6. The van der Waals surface area contributed by atoms with Gasteiger partial charge in [0.05, 0.1) is 11.9 Å². The van der Waals surface area contributed by atoms with E-state index in [0.29, 0.717) is 6.54 Å². The fraction of sp³-hybridized carbons (Fsp3) is 0.333. The molecule has 4 nitrogen and oxygen atoms in total. The standard InChI is InChI=1S/C12H16N4/c1-2-7-16-12(9-14-15-16)11-5-3-10(8-13)4-6-11/h3-6,9H,2,7-8,13H2,1H3. The van der Waals surface area contributed by atoms with E-state index in [9.17, 15) is 0 Å². The third-order valence-electron chi connectivity index (χ3n) is 2.54. The van der Waals surface area contributed by atoms with Gasteiger partial charge in [0.25, 0.3) is 0 Å². The van der Waals surface area contributed by atoms with Crippen molar-refractivity contribution in [2.75, 3.05) is 0 Å². The van der Waals surface area contributed by atoms with Crippen LogP contribution in [-0.2, 0) is 13.1 Å². The minimum Gasteiger partial charge on any atom is -0.326 e. The van der Waals surface area contributed by atoms with E-state index >= 15 is 0 Å². The zero-order chi connectivity index (χ0) is 11.4. The maximum absolute atomic E-state index is 5.57. The zero-order valence-corrected chi connectivity index (χ0v) is 9.43. The van der Waals surface area contributed by atoms with Gasteiger partial charge in [0.1, 0.15) is 0 Å². The highest BCUT2D eigenvalue weighted by molar-refractivity contribution is 5.58. The van der Waals surface area contributed by atoms with E-state index in [-0.39, 0.29) is 0 Å². The first-order valence-electron chi connectivity index (χ1n) is 5.53. The number of nitrogens with zero attached hydrogens (tertiary/aromatic N) is 3. The van der Waals surface area contributed by atoms with Crippen LogP contribution in [0.4, 0.5) is 0 Å². The van der Waals surface area contributed by atoms with Gasteiger partial charge in [-0.25, -0.2) is 4.68 Å². The Bertz CT molecular complexity index is 444. The van der Waals surface area contributed by atoms with Gasteiger partial charge in [0.15, 0.2) is 0 Å². The molecule has 0 aliphatic heterocycles. The van der Waals surface area contributed by atoms with Gasteiger partial charge in [-0.2, -0.15) is 0 Å². The van der Waals surface area contributed by atoms with Gasteiger partial charge in [-0.05, 0) is 12.0 Å². The molecule has 2 aromatic rings. The van der Waals surface area contributed by atoms with E-state index in [4.69, 9.17) is 5.73 Å². The average Bonchev–Trinajstić information content (AvgIpc) is 2.78. The topological polar surface area (TPSA) is 56.7 Å². The fourth-order valence-corrected chi connectivity index (χ4v) is 1.67. The summed E-state index contributed by atoms with van der Waals surface area (Å²) in [6, 6.07) is 8.21. The molecule has 0 radical (unpaired) electrons. The van der Waals surface area contributed by atoms with Crippen LogP contribution >= 0.6 is 0 Å². The van der Waals surface area contributed by atoms with Crippen LogP contribution in [0.1, 0.15) is 18.9 Å². The summed E-state index contributed by atoms with van der Waals surface area (Å²) in [4.78, 5) is 0. The van der Waals surface area contributed by atoms with E-state index < -0.39 is 0 Å². The molecule has 0 saturated carbocycles. The van der Waals surface area contributed by atoms with Crippen molar-refractivity contribution in [3.05, 3.63) is 36.0 Å². The molecule has 2 N–H and O–H groups in total. The van der Waals surface area contributed by atoms with Crippen molar-refractivity contribution in [1.82, 2.24) is 15.0 Å². The number of aromatic nitrogens is 3. The first kappa shape index (κ1) is 10.8. The molecule has 0 unspecified atom stereocenters. The van der Waals surface area contributed by atoms with Crippen LogP contribution in [0.25, 0.3) is 11.3 Å². The number of nitrogens with two attached hydrogens (primary N) is 1. The monoisotopic (exact) mass is 216 g/mol. The Kier molecular flexibility index (Phi) is 3.31. The Morgan fingerprint density at radius 3 is 2.62 bits per heavy atom. The lowest BCUT2D eigenvalue weighted by Crippen LogP contribution is -2.01. The smallest absolute Gasteiger partial charge is 0.0885 e. The van der Waals surface area contributed by atoms with Crippen LogP contribution in [-0.4, -0.2) is 15.0 Å². The minimum atomic E-state index is 0.576. The fourth-order valence-electron chi connectivity index (χ4n) is 1.67. The summed E-state index contributed by atoms with van der Waals surface area (Å²) in [6.07, 6.45) is 2.85. The maximum atomic E-state index is 5.57. The summed E-state index contributed by atoms with van der Waals surface area (Å²) >= 11 is 0. The van der Waals surface area contributed by atoms with Gasteiger partial charge in [0.2, 0.25) is 0 Å². The van der Waals surface area contributed by atoms with E-state index in [1.54, 1.807) is 6.20 Å². The molecule has 0 atom stereocenters. The second kappa shape index (κ2) is 4.90. The van der Waals surface area contributed by atoms with Gasteiger partial charge < -0.3 is 5.73 Å². The predicted molar refractivity (Wildman–Crippen MR) is 63.6 cm³/mol. The maximum Gasteiger partial charge on any atom is 0.0885 e. The molecule has 16 heavy (non-hydrogen) atoms. The van der Waals surface area contributed by atoms with E-state index in [2.05, 4.69) is 29.4 Å². The molecule has 1 heterocycles.